The number of hydrogen-bond donors (Lipinski definition) is 0. The monoisotopic (exact) mass is 478 g/mol. The van der Waals surface area contributed by atoms with Crippen molar-refractivity contribution < 1.29 is 18.1 Å². The number of thiophene rings is 1. The van der Waals surface area contributed by atoms with E-state index in [1.54, 1.807) is 24.0 Å². The molecular formula is C21H26N4O5S2. The maximum atomic E-state index is 13.3. The van der Waals surface area contributed by atoms with Gasteiger partial charge in [0.1, 0.15) is 0 Å². The highest BCUT2D eigenvalue weighted by Gasteiger charge is 2.33. The van der Waals surface area contributed by atoms with Crippen molar-refractivity contribution in [2.45, 2.75) is 31.6 Å². The Morgan fingerprint density at radius 1 is 1.03 bits per heavy atom. The molecule has 4 rings (SSSR count). The molecule has 0 N–H and O–H groups in total. The van der Waals surface area contributed by atoms with Crippen LogP contribution in [0.4, 0.5) is 11.4 Å². The minimum atomic E-state index is -3.62. The van der Waals surface area contributed by atoms with Crippen LogP contribution >= 0.6 is 11.3 Å². The molecule has 1 amide bonds. The molecule has 0 aliphatic carbocycles. The second-order valence-electron chi connectivity index (χ2n) is 8.13. The Morgan fingerprint density at radius 3 is 2.25 bits per heavy atom. The van der Waals surface area contributed by atoms with Crippen LogP contribution in [0, 0.1) is 24.0 Å². The molecule has 0 spiro atoms. The van der Waals surface area contributed by atoms with Gasteiger partial charge < -0.3 is 9.80 Å². The fourth-order valence-corrected chi connectivity index (χ4v) is 7.29. The Labute approximate surface area is 191 Å². The van der Waals surface area contributed by atoms with E-state index < -0.39 is 14.9 Å². The summed E-state index contributed by atoms with van der Waals surface area (Å²) in [7, 11) is -3.62. The largest absolute Gasteiger partial charge is 0.371 e. The van der Waals surface area contributed by atoms with Crippen molar-refractivity contribution in [1.29, 1.82) is 0 Å². The molecule has 9 nitrogen and oxygen atoms in total. The lowest BCUT2D eigenvalue weighted by Crippen LogP contribution is -2.50. The second kappa shape index (κ2) is 8.80. The lowest BCUT2D eigenvalue weighted by Gasteiger charge is -2.34. The second-order valence-corrected chi connectivity index (χ2v) is 11.5. The van der Waals surface area contributed by atoms with Gasteiger partial charge in [-0.3, -0.25) is 14.9 Å². The Hall–Kier alpha value is -2.50. The van der Waals surface area contributed by atoms with Crippen molar-refractivity contribution in [3.05, 3.63) is 49.7 Å². The van der Waals surface area contributed by atoms with Gasteiger partial charge in [0.15, 0.2) is 0 Å². The van der Waals surface area contributed by atoms with Gasteiger partial charge in [-0.05, 0) is 38.8 Å². The summed E-state index contributed by atoms with van der Waals surface area (Å²) in [5.41, 5.74) is 0.889. The molecule has 2 saturated heterocycles. The van der Waals surface area contributed by atoms with Crippen LogP contribution in [-0.2, 0) is 10.0 Å². The Morgan fingerprint density at radius 2 is 1.69 bits per heavy atom. The van der Waals surface area contributed by atoms with E-state index in [0.717, 1.165) is 35.7 Å². The molecule has 2 aliphatic heterocycles. The van der Waals surface area contributed by atoms with Gasteiger partial charge in [0.2, 0.25) is 10.0 Å². The highest BCUT2D eigenvalue weighted by atomic mass is 32.2. The Kier molecular flexibility index (Phi) is 6.24. The number of carbonyl (C=O) groups is 1. The van der Waals surface area contributed by atoms with Gasteiger partial charge in [-0.15, -0.1) is 11.3 Å². The van der Waals surface area contributed by atoms with Gasteiger partial charge in [-0.25, -0.2) is 8.42 Å². The summed E-state index contributed by atoms with van der Waals surface area (Å²) in [6, 6.07) is 6.12. The summed E-state index contributed by atoms with van der Waals surface area (Å²) in [5.74, 6) is -0.296. The predicted octanol–water partition coefficient (Wildman–Crippen LogP) is 3.02. The number of piperazine rings is 1. The molecule has 1 aromatic heterocycles. The van der Waals surface area contributed by atoms with Crippen LogP contribution < -0.4 is 4.90 Å². The number of anilines is 1. The Balaban J connectivity index is 1.54. The highest BCUT2D eigenvalue weighted by Crippen LogP contribution is 2.31. The summed E-state index contributed by atoms with van der Waals surface area (Å²) >= 11 is 1.45. The zero-order valence-electron chi connectivity index (χ0n) is 18.1. The molecule has 32 heavy (non-hydrogen) atoms. The van der Waals surface area contributed by atoms with E-state index in [-0.39, 0.29) is 37.8 Å². The molecule has 0 radical (unpaired) electrons. The van der Waals surface area contributed by atoms with Crippen molar-refractivity contribution in [2.75, 3.05) is 44.2 Å². The Bertz CT molecular complexity index is 1150. The fraction of sp³-hybridized carbons (Fsp3) is 0.476. The third-order valence-corrected chi connectivity index (χ3v) is 9.13. The standard InChI is InChI=1S/C21H26N4O5S2/c1-15-13-20(16(2)31-15)32(29,30)24-11-9-23(10-12-24)21(26)18-14-17(25(27)28)5-6-19(18)22-7-3-4-8-22/h5-6,13-14H,3-4,7-12H2,1-2H3. The smallest absolute Gasteiger partial charge is 0.270 e. The van der Waals surface area contributed by atoms with E-state index in [9.17, 15) is 23.3 Å². The molecule has 2 aromatic rings. The summed E-state index contributed by atoms with van der Waals surface area (Å²) in [4.78, 5) is 29.8. The highest BCUT2D eigenvalue weighted by molar-refractivity contribution is 7.89. The van der Waals surface area contributed by atoms with Gasteiger partial charge in [-0.2, -0.15) is 4.31 Å². The first-order valence-electron chi connectivity index (χ1n) is 10.6. The number of rotatable bonds is 5. The van der Waals surface area contributed by atoms with Crippen LogP contribution in [0.5, 0.6) is 0 Å². The van der Waals surface area contributed by atoms with Crippen LogP contribution in [0.15, 0.2) is 29.2 Å². The van der Waals surface area contributed by atoms with E-state index in [4.69, 9.17) is 0 Å². The summed E-state index contributed by atoms with van der Waals surface area (Å²) < 4.78 is 27.5. The topological polar surface area (TPSA) is 104 Å². The van der Waals surface area contributed by atoms with E-state index in [2.05, 4.69) is 4.90 Å². The van der Waals surface area contributed by atoms with Crippen molar-refractivity contribution >= 4 is 38.6 Å². The first-order chi connectivity index (χ1) is 15.2. The lowest BCUT2D eigenvalue weighted by molar-refractivity contribution is -0.384. The van der Waals surface area contributed by atoms with Gasteiger partial charge >= 0.3 is 0 Å². The van der Waals surface area contributed by atoms with Gasteiger partial charge in [0, 0.05) is 61.2 Å². The molecule has 3 heterocycles. The van der Waals surface area contributed by atoms with Gasteiger partial charge in [0.05, 0.1) is 21.1 Å². The average Bonchev–Trinajstić information content (AvgIpc) is 3.42. The molecular weight excluding hydrogens is 452 g/mol. The van der Waals surface area contributed by atoms with Crippen molar-refractivity contribution in [3.8, 4) is 0 Å². The van der Waals surface area contributed by atoms with Gasteiger partial charge in [-0.1, -0.05) is 0 Å². The van der Waals surface area contributed by atoms with E-state index in [1.165, 1.54) is 27.8 Å². The summed E-state index contributed by atoms with van der Waals surface area (Å²) in [6.45, 7) is 6.15. The normalized spacial score (nSPS) is 17.7. The van der Waals surface area contributed by atoms with Crippen LogP contribution in [0.1, 0.15) is 33.0 Å². The third kappa shape index (κ3) is 4.24. The lowest BCUT2D eigenvalue weighted by atomic mass is 10.1. The van der Waals surface area contributed by atoms with Crippen LogP contribution in [-0.4, -0.2) is 67.7 Å². The molecule has 1 aromatic carbocycles. The molecule has 0 saturated carbocycles. The minimum absolute atomic E-state index is 0.124. The molecule has 11 heteroatoms. The van der Waals surface area contributed by atoms with Crippen molar-refractivity contribution in [2.24, 2.45) is 0 Å². The average molecular weight is 479 g/mol. The van der Waals surface area contributed by atoms with E-state index >= 15 is 0 Å². The number of aryl methyl sites for hydroxylation is 2. The predicted molar refractivity (Wildman–Crippen MR) is 123 cm³/mol. The van der Waals surface area contributed by atoms with E-state index in [1.807, 2.05) is 6.92 Å². The number of nitro benzene ring substituents is 1. The number of nitrogens with zero attached hydrogens (tertiary/aromatic N) is 4. The third-order valence-electron chi connectivity index (χ3n) is 6.01. The van der Waals surface area contributed by atoms with Crippen LogP contribution in [0.2, 0.25) is 0 Å². The van der Waals surface area contributed by atoms with Crippen molar-refractivity contribution in [3.63, 3.8) is 0 Å². The SMILES string of the molecule is Cc1cc(S(=O)(=O)N2CCN(C(=O)c3cc([N+](=O)[O-])ccc3N3CCCC3)CC2)c(C)s1. The molecule has 2 fully saturated rings. The number of amides is 1. The number of non-ortho nitro benzene ring substituents is 1. The first-order valence-corrected chi connectivity index (χ1v) is 12.8. The van der Waals surface area contributed by atoms with Gasteiger partial charge in [0.25, 0.3) is 11.6 Å². The zero-order valence-corrected chi connectivity index (χ0v) is 19.7. The number of benzene rings is 1. The minimum Gasteiger partial charge on any atom is -0.371 e. The molecule has 2 aliphatic rings. The number of hydrogen-bond acceptors (Lipinski definition) is 7. The molecule has 0 atom stereocenters. The van der Waals surface area contributed by atoms with Crippen molar-refractivity contribution in [1.82, 2.24) is 9.21 Å². The maximum Gasteiger partial charge on any atom is 0.270 e. The van der Waals surface area contributed by atoms with E-state index in [0.29, 0.717) is 16.1 Å². The summed E-state index contributed by atoms with van der Waals surface area (Å²) in [5, 5.41) is 11.3. The first kappa shape index (κ1) is 22.7. The number of sulfonamides is 1. The number of nitro groups is 1. The molecule has 0 unspecified atom stereocenters. The zero-order chi connectivity index (χ0) is 23.0. The van der Waals surface area contributed by atoms with Crippen LogP contribution in [0.25, 0.3) is 0 Å². The number of carbonyl (C=O) groups excluding carboxylic acids is 1. The molecule has 0 bridgehead atoms. The summed E-state index contributed by atoms with van der Waals surface area (Å²) in [6.07, 6.45) is 2.03. The quantitative estimate of drug-likeness (QED) is 0.483. The molecule has 172 valence electrons. The maximum absolute atomic E-state index is 13.3. The fourth-order valence-electron chi connectivity index (χ4n) is 4.35. The van der Waals surface area contributed by atoms with Crippen LogP contribution in [0.3, 0.4) is 0 Å².